The predicted molar refractivity (Wildman–Crippen MR) is 41.8 cm³/mol. The van der Waals surface area contributed by atoms with E-state index in [9.17, 15) is 4.79 Å². The summed E-state index contributed by atoms with van der Waals surface area (Å²) in [6, 6.07) is 0. The summed E-state index contributed by atoms with van der Waals surface area (Å²) in [7, 11) is 0. The largest absolute Gasteiger partial charge is 0.481 e. The number of hydrogen-bond acceptors (Lipinski definition) is 3. The van der Waals surface area contributed by atoms with Crippen LogP contribution >= 0.6 is 0 Å². The average Bonchev–Trinajstić information content (AvgIpc) is 2.49. The molecule has 1 aromatic heterocycles. The van der Waals surface area contributed by atoms with E-state index in [0.29, 0.717) is 12.1 Å². The molecule has 0 aliphatic rings. The van der Waals surface area contributed by atoms with Gasteiger partial charge in [-0.05, 0) is 13.3 Å². The van der Waals surface area contributed by atoms with Crippen molar-refractivity contribution < 1.29 is 9.90 Å². The highest BCUT2D eigenvalue weighted by Crippen LogP contribution is 2.15. The molecule has 1 unspecified atom stereocenters. The minimum Gasteiger partial charge on any atom is -0.481 e. The smallest absolute Gasteiger partial charge is 0.312 e. The number of carboxylic acid groups (broad SMARTS) is 1. The zero-order valence-corrected chi connectivity index (χ0v) is 7.03. The van der Waals surface area contributed by atoms with Crippen molar-refractivity contribution >= 4 is 5.97 Å². The van der Waals surface area contributed by atoms with Crippen LogP contribution in [0.25, 0.3) is 0 Å². The molecule has 66 valence electrons. The second-order valence-corrected chi connectivity index (χ2v) is 2.57. The maximum Gasteiger partial charge on any atom is 0.312 e. The Bertz CT molecular complexity index is 282. The molecule has 1 aromatic rings. The summed E-state index contributed by atoms with van der Waals surface area (Å²) in [5.74, 6) is -1.46. The van der Waals surface area contributed by atoms with Gasteiger partial charge in [-0.3, -0.25) is 4.79 Å². The van der Waals surface area contributed by atoms with Gasteiger partial charge < -0.3 is 5.11 Å². The topological polar surface area (TPSA) is 78.9 Å². The molecule has 12 heavy (non-hydrogen) atoms. The van der Waals surface area contributed by atoms with Gasteiger partial charge in [-0.1, -0.05) is 6.92 Å². The zero-order valence-electron chi connectivity index (χ0n) is 7.03. The van der Waals surface area contributed by atoms with Crippen LogP contribution in [0.1, 0.15) is 31.2 Å². The molecule has 0 saturated carbocycles. The fraction of sp³-hybridized carbons (Fsp3) is 0.571. The Kier molecular flexibility index (Phi) is 2.42. The van der Waals surface area contributed by atoms with Gasteiger partial charge in [0.25, 0.3) is 0 Å². The lowest BCUT2D eigenvalue weighted by Crippen LogP contribution is -2.09. The number of H-pyrrole nitrogens is 1. The lowest BCUT2D eigenvalue weighted by atomic mass is 10.1. The van der Waals surface area contributed by atoms with Gasteiger partial charge in [0.05, 0.1) is 17.3 Å². The molecule has 1 rings (SSSR count). The van der Waals surface area contributed by atoms with Crippen molar-refractivity contribution in [3.8, 4) is 0 Å². The van der Waals surface area contributed by atoms with Gasteiger partial charge in [0, 0.05) is 0 Å². The van der Waals surface area contributed by atoms with E-state index >= 15 is 0 Å². The van der Waals surface area contributed by atoms with Crippen molar-refractivity contribution in [2.75, 3.05) is 0 Å². The van der Waals surface area contributed by atoms with E-state index in [-0.39, 0.29) is 0 Å². The third-order valence-electron chi connectivity index (χ3n) is 1.77. The molecule has 1 heterocycles. The third kappa shape index (κ3) is 1.44. The lowest BCUT2D eigenvalue weighted by Gasteiger charge is -2.01. The van der Waals surface area contributed by atoms with E-state index in [1.54, 1.807) is 6.92 Å². The van der Waals surface area contributed by atoms with E-state index in [1.807, 2.05) is 6.92 Å². The number of aryl methyl sites for hydroxylation is 1. The van der Waals surface area contributed by atoms with E-state index in [4.69, 9.17) is 5.11 Å². The molecule has 0 aliphatic carbocycles. The molecule has 0 aromatic carbocycles. The van der Waals surface area contributed by atoms with E-state index < -0.39 is 11.9 Å². The SMILES string of the molecule is CCc1n[nH]nc1C(C)C(=O)O. The van der Waals surface area contributed by atoms with Crippen LogP contribution in [0.2, 0.25) is 0 Å². The molecule has 0 radical (unpaired) electrons. The van der Waals surface area contributed by atoms with Gasteiger partial charge in [0.1, 0.15) is 0 Å². The zero-order chi connectivity index (χ0) is 9.14. The quantitative estimate of drug-likeness (QED) is 0.692. The Morgan fingerprint density at radius 1 is 1.67 bits per heavy atom. The first-order valence-corrected chi connectivity index (χ1v) is 3.79. The van der Waals surface area contributed by atoms with Crippen LogP contribution in [0.5, 0.6) is 0 Å². The number of carboxylic acids is 1. The number of carbonyl (C=O) groups is 1. The van der Waals surface area contributed by atoms with Gasteiger partial charge in [-0.15, -0.1) is 0 Å². The summed E-state index contributed by atoms with van der Waals surface area (Å²) in [5.41, 5.74) is 1.26. The first-order valence-electron chi connectivity index (χ1n) is 3.79. The number of aromatic nitrogens is 3. The predicted octanol–water partition coefficient (Wildman–Crippen LogP) is 0.555. The van der Waals surface area contributed by atoms with Gasteiger partial charge in [-0.2, -0.15) is 15.4 Å². The van der Waals surface area contributed by atoms with Crippen LogP contribution in [0.15, 0.2) is 0 Å². The van der Waals surface area contributed by atoms with Crippen molar-refractivity contribution in [2.45, 2.75) is 26.2 Å². The van der Waals surface area contributed by atoms with Gasteiger partial charge in [-0.25, -0.2) is 0 Å². The molecule has 5 heteroatoms. The fourth-order valence-corrected chi connectivity index (χ4v) is 0.985. The first kappa shape index (κ1) is 8.70. The van der Waals surface area contributed by atoms with E-state index in [2.05, 4.69) is 15.4 Å². The van der Waals surface area contributed by atoms with E-state index in [1.165, 1.54) is 0 Å². The highest BCUT2D eigenvalue weighted by molar-refractivity contribution is 5.75. The minimum absolute atomic E-state index is 0.532. The highest BCUT2D eigenvalue weighted by atomic mass is 16.4. The van der Waals surface area contributed by atoms with Gasteiger partial charge in [0.2, 0.25) is 0 Å². The molecular weight excluding hydrogens is 158 g/mol. The number of aliphatic carboxylic acids is 1. The summed E-state index contributed by atoms with van der Waals surface area (Å²) in [6.07, 6.45) is 0.698. The fourth-order valence-electron chi connectivity index (χ4n) is 0.985. The maximum atomic E-state index is 10.6. The van der Waals surface area contributed by atoms with Crippen LogP contribution in [-0.2, 0) is 11.2 Å². The van der Waals surface area contributed by atoms with Crippen LogP contribution < -0.4 is 0 Å². The average molecular weight is 169 g/mol. The number of nitrogens with one attached hydrogen (secondary N) is 1. The van der Waals surface area contributed by atoms with Crippen molar-refractivity contribution in [2.24, 2.45) is 0 Å². The Morgan fingerprint density at radius 2 is 2.33 bits per heavy atom. The molecule has 0 fully saturated rings. The second kappa shape index (κ2) is 3.34. The Morgan fingerprint density at radius 3 is 2.83 bits per heavy atom. The normalized spacial score (nSPS) is 12.8. The summed E-state index contributed by atoms with van der Waals surface area (Å²) in [4.78, 5) is 10.6. The summed E-state index contributed by atoms with van der Waals surface area (Å²) in [5, 5.41) is 18.7. The minimum atomic E-state index is -0.876. The second-order valence-electron chi connectivity index (χ2n) is 2.57. The highest BCUT2D eigenvalue weighted by Gasteiger charge is 2.20. The molecular formula is C7H11N3O2. The molecule has 0 bridgehead atoms. The summed E-state index contributed by atoms with van der Waals surface area (Å²) in [6.45, 7) is 3.51. The van der Waals surface area contributed by atoms with Crippen LogP contribution in [0, 0.1) is 0 Å². The van der Waals surface area contributed by atoms with Crippen molar-refractivity contribution in [1.82, 2.24) is 15.4 Å². The Balaban J connectivity index is 2.93. The van der Waals surface area contributed by atoms with Crippen LogP contribution in [0.3, 0.4) is 0 Å². The molecule has 2 N–H and O–H groups in total. The van der Waals surface area contributed by atoms with E-state index in [0.717, 1.165) is 5.69 Å². The number of aromatic amines is 1. The number of rotatable bonds is 3. The molecule has 0 amide bonds. The number of nitrogens with zero attached hydrogens (tertiary/aromatic N) is 2. The van der Waals surface area contributed by atoms with Crippen molar-refractivity contribution in [3.63, 3.8) is 0 Å². The molecule has 0 saturated heterocycles. The molecule has 0 aliphatic heterocycles. The molecule has 1 atom stereocenters. The summed E-state index contributed by atoms with van der Waals surface area (Å²) < 4.78 is 0. The number of hydrogen-bond donors (Lipinski definition) is 2. The maximum absolute atomic E-state index is 10.6. The standard InChI is InChI=1S/C7H11N3O2/c1-3-5-6(9-10-8-5)4(2)7(11)12/h4H,3H2,1-2H3,(H,11,12)(H,8,9,10). The Labute approximate surface area is 69.8 Å². The lowest BCUT2D eigenvalue weighted by molar-refractivity contribution is -0.138. The van der Waals surface area contributed by atoms with Crippen LogP contribution in [0.4, 0.5) is 0 Å². The molecule has 0 spiro atoms. The van der Waals surface area contributed by atoms with Gasteiger partial charge >= 0.3 is 5.97 Å². The third-order valence-corrected chi connectivity index (χ3v) is 1.77. The van der Waals surface area contributed by atoms with Gasteiger partial charge in [0.15, 0.2) is 0 Å². The van der Waals surface area contributed by atoms with Crippen molar-refractivity contribution in [3.05, 3.63) is 11.4 Å². The molecule has 5 nitrogen and oxygen atoms in total. The monoisotopic (exact) mass is 169 g/mol. The summed E-state index contributed by atoms with van der Waals surface area (Å²) >= 11 is 0. The first-order chi connectivity index (χ1) is 5.66. The van der Waals surface area contributed by atoms with Crippen molar-refractivity contribution in [1.29, 1.82) is 0 Å². The van der Waals surface area contributed by atoms with Crippen LogP contribution in [-0.4, -0.2) is 26.5 Å². The Hall–Kier alpha value is -1.39.